The van der Waals surface area contributed by atoms with Crippen LogP contribution < -0.4 is 14.8 Å². The SMILES string of the molecule is COc1ccc(OC(C)C(=O)NCc2nnc3ccccn23)cc1. The molecule has 0 spiro atoms. The smallest absolute Gasteiger partial charge is 0.261 e. The second-order valence-corrected chi connectivity index (χ2v) is 5.20. The predicted molar refractivity (Wildman–Crippen MR) is 87.9 cm³/mol. The number of methoxy groups -OCH3 is 1. The largest absolute Gasteiger partial charge is 0.497 e. The van der Waals surface area contributed by atoms with E-state index in [0.29, 0.717) is 11.6 Å². The first-order valence-corrected chi connectivity index (χ1v) is 7.54. The van der Waals surface area contributed by atoms with Crippen molar-refractivity contribution in [2.45, 2.75) is 19.6 Å². The zero-order chi connectivity index (χ0) is 16.9. The van der Waals surface area contributed by atoms with Crippen LogP contribution in [0, 0.1) is 0 Å². The third-order valence-electron chi connectivity index (χ3n) is 3.55. The summed E-state index contributed by atoms with van der Waals surface area (Å²) < 4.78 is 12.5. The number of ether oxygens (including phenoxy) is 2. The van der Waals surface area contributed by atoms with Crippen LogP contribution in [-0.4, -0.2) is 33.7 Å². The molecule has 3 rings (SSSR count). The highest BCUT2D eigenvalue weighted by Crippen LogP contribution is 2.18. The Balaban J connectivity index is 1.57. The molecule has 0 aliphatic heterocycles. The molecule has 24 heavy (non-hydrogen) atoms. The number of carbonyl (C=O) groups excluding carboxylic acids is 1. The molecule has 124 valence electrons. The summed E-state index contributed by atoms with van der Waals surface area (Å²) in [7, 11) is 1.60. The molecule has 0 aliphatic carbocycles. The fourth-order valence-corrected chi connectivity index (χ4v) is 2.23. The van der Waals surface area contributed by atoms with Crippen molar-refractivity contribution in [3.05, 3.63) is 54.5 Å². The lowest BCUT2D eigenvalue weighted by Gasteiger charge is -2.14. The van der Waals surface area contributed by atoms with E-state index in [0.717, 1.165) is 11.4 Å². The quantitative estimate of drug-likeness (QED) is 0.747. The number of nitrogens with one attached hydrogen (secondary N) is 1. The normalized spacial score (nSPS) is 11.9. The molecule has 3 aromatic rings. The highest BCUT2D eigenvalue weighted by Gasteiger charge is 2.15. The predicted octanol–water partition coefficient (Wildman–Crippen LogP) is 1.82. The topological polar surface area (TPSA) is 77.8 Å². The summed E-state index contributed by atoms with van der Waals surface area (Å²) in [5, 5.41) is 10.9. The number of rotatable bonds is 6. The monoisotopic (exact) mass is 326 g/mol. The van der Waals surface area contributed by atoms with Crippen molar-refractivity contribution in [2.75, 3.05) is 7.11 Å². The molecule has 0 fully saturated rings. The van der Waals surface area contributed by atoms with Gasteiger partial charge in [0.15, 0.2) is 17.6 Å². The number of nitrogens with zero attached hydrogens (tertiary/aromatic N) is 3. The number of hydrogen-bond acceptors (Lipinski definition) is 5. The number of pyridine rings is 1. The highest BCUT2D eigenvalue weighted by molar-refractivity contribution is 5.80. The van der Waals surface area contributed by atoms with Gasteiger partial charge in [-0.15, -0.1) is 10.2 Å². The van der Waals surface area contributed by atoms with Crippen molar-refractivity contribution >= 4 is 11.6 Å². The van der Waals surface area contributed by atoms with E-state index in [1.807, 2.05) is 28.8 Å². The number of fused-ring (bicyclic) bond motifs is 1. The van der Waals surface area contributed by atoms with Gasteiger partial charge in [-0.05, 0) is 43.3 Å². The summed E-state index contributed by atoms with van der Waals surface area (Å²) in [6.07, 6.45) is 1.23. The third-order valence-corrected chi connectivity index (χ3v) is 3.55. The van der Waals surface area contributed by atoms with Gasteiger partial charge in [-0.2, -0.15) is 0 Å². The van der Waals surface area contributed by atoms with Crippen LogP contribution in [0.2, 0.25) is 0 Å². The molecule has 1 aromatic carbocycles. The van der Waals surface area contributed by atoms with E-state index in [-0.39, 0.29) is 12.5 Å². The molecule has 7 nitrogen and oxygen atoms in total. The molecule has 0 radical (unpaired) electrons. The van der Waals surface area contributed by atoms with E-state index in [9.17, 15) is 4.79 Å². The summed E-state index contributed by atoms with van der Waals surface area (Å²) in [5.74, 6) is 1.78. The Labute approximate surface area is 139 Å². The van der Waals surface area contributed by atoms with Crippen LogP contribution >= 0.6 is 0 Å². The van der Waals surface area contributed by atoms with E-state index < -0.39 is 6.10 Å². The Bertz CT molecular complexity index is 829. The van der Waals surface area contributed by atoms with Crippen molar-refractivity contribution in [3.8, 4) is 11.5 Å². The molecule has 1 unspecified atom stereocenters. The van der Waals surface area contributed by atoms with E-state index >= 15 is 0 Å². The van der Waals surface area contributed by atoms with Crippen LogP contribution in [-0.2, 0) is 11.3 Å². The van der Waals surface area contributed by atoms with E-state index in [1.54, 1.807) is 38.3 Å². The van der Waals surface area contributed by atoms with E-state index in [1.165, 1.54) is 0 Å². The zero-order valence-electron chi connectivity index (χ0n) is 13.5. The maximum absolute atomic E-state index is 12.2. The van der Waals surface area contributed by atoms with Gasteiger partial charge in [0.1, 0.15) is 11.5 Å². The first-order chi connectivity index (χ1) is 11.7. The standard InChI is InChI=1S/C17H18N4O3/c1-12(24-14-8-6-13(23-2)7-9-14)17(22)18-11-16-20-19-15-5-3-4-10-21(15)16/h3-10,12H,11H2,1-2H3,(H,18,22). The summed E-state index contributed by atoms with van der Waals surface area (Å²) in [4.78, 5) is 12.2. The molecule has 1 amide bonds. The zero-order valence-corrected chi connectivity index (χ0v) is 13.5. The third kappa shape index (κ3) is 3.45. The average molecular weight is 326 g/mol. The van der Waals surface area contributed by atoms with Gasteiger partial charge < -0.3 is 14.8 Å². The molecule has 0 aliphatic rings. The van der Waals surface area contributed by atoms with Crippen LogP contribution in [0.25, 0.3) is 5.65 Å². The fourth-order valence-electron chi connectivity index (χ4n) is 2.23. The first kappa shape index (κ1) is 15.8. The minimum atomic E-state index is -0.627. The van der Waals surface area contributed by atoms with Gasteiger partial charge in [0.05, 0.1) is 13.7 Å². The van der Waals surface area contributed by atoms with Crippen LogP contribution in [0.5, 0.6) is 11.5 Å². The van der Waals surface area contributed by atoms with Gasteiger partial charge in [-0.3, -0.25) is 9.20 Å². The lowest BCUT2D eigenvalue weighted by molar-refractivity contribution is -0.127. The molecule has 0 saturated carbocycles. The molecule has 1 atom stereocenters. The second kappa shape index (κ2) is 6.99. The van der Waals surface area contributed by atoms with Crippen LogP contribution in [0.3, 0.4) is 0 Å². The van der Waals surface area contributed by atoms with Crippen molar-refractivity contribution < 1.29 is 14.3 Å². The van der Waals surface area contributed by atoms with Gasteiger partial charge in [0.25, 0.3) is 5.91 Å². The lowest BCUT2D eigenvalue weighted by Crippen LogP contribution is -2.36. The van der Waals surface area contributed by atoms with Gasteiger partial charge in [-0.1, -0.05) is 6.07 Å². The molecule has 2 aromatic heterocycles. The summed E-state index contributed by atoms with van der Waals surface area (Å²) in [6, 6.07) is 12.7. The second-order valence-electron chi connectivity index (χ2n) is 5.20. The van der Waals surface area contributed by atoms with Gasteiger partial charge in [0.2, 0.25) is 0 Å². The van der Waals surface area contributed by atoms with Crippen molar-refractivity contribution in [2.24, 2.45) is 0 Å². The van der Waals surface area contributed by atoms with Crippen LogP contribution in [0.1, 0.15) is 12.7 Å². The first-order valence-electron chi connectivity index (χ1n) is 7.54. The molecule has 2 heterocycles. The maximum atomic E-state index is 12.2. The summed E-state index contributed by atoms with van der Waals surface area (Å²) >= 11 is 0. The lowest BCUT2D eigenvalue weighted by atomic mass is 10.3. The Kier molecular flexibility index (Phi) is 4.60. The van der Waals surface area contributed by atoms with Crippen LogP contribution in [0.4, 0.5) is 0 Å². The number of hydrogen-bond donors (Lipinski definition) is 1. The van der Waals surface area contributed by atoms with E-state index in [2.05, 4.69) is 15.5 Å². The highest BCUT2D eigenvalue weighted by atomic mass is 16.5. The van der Waals surface area contributed by atoms with Crippen LogP contribution in [0.15, 0.2) is 48.7 Å². The summed E-state index contributed by atoms with van der Waals surface area (Å²) in [5.41, 5.74) is 0.740. The number of carbonyl (C=O) groups is 1. The van der Waals surface area contributed by atoms with Gasteiger partial charge in [0, 0.05) is 6.20 Å². The molecule has 0 saturated heterocycles. The van der Waals surface area contributed by atoms with E-state index in [4.69, 9.17) is 9.47 Å². The Morgan fingerprint density at radius 2 is 1.92 bits per heavy atom. The maximum Gasteiger partial charge on any atom is 0.261 e. The minimum Gasteiger partial charge on any atom is -0.497 e. The Morgan fingerprint density at radius 1 is 1.17 bits per heavy atom. The number of amides is 1. The van der Waals surface area contributed by atoms with Gasteiger partial charge >= 0.3 is 0 Å². The van der Waals surface area contributed by atoms with Gasteiger partial charge in [-0.25, -0.2) is 0 Å². The number of aromatic nitrogens is 3. The number of benzene rings is 1. The Hall–Kier alpha value is -3.09. The molecular formula is C17H18N4O3. The minimum absolute atomic E-state index is 0.224. The fraction of sp³-hybridized carbons (Fsp3) is 0.235. The van der Waals surface area contributed by atoms with Crippen molar-refractivity contribution in [1.29, 1.82) is 0 Å². The Morgan fingerprint density at radius 3 is 2.67 bits per heavy atom. The average Bonchev–Trinajstić information content (AvgIpc) is 3.03. The molecule has 1 N–H and O–H groups in total. The molecule has 0 bridgehead atoms. The van der Waals surface area contributed by atoms with Crippen molar-refractivity contribution in [1.82, 2.24) is 19.9 Å². The summed E-state index contributed by atoms with van der Waals surface area (Å²) in [6.45, 7) is 1.97. The molecule has 7 heteroatoms. The van der Waals surface area contributed by atoms with Crippen molar-refractivity contribution in [3.63, 3.8) is 0 Å². The molecular weight excluding hydrogens is 308 g/mol.